The molecule has 148 valence electrons. The number of ether oxygens (including phenoxy) is 1. The van der Waals surface area contributed by atoms with Gasteiger partial charge in [-0.3, -0.25) is 9.59 Å². The first-order valence-corrected chi connectivity index (χ1v) is 9.19. The van der Waals surface area contributed by atoms with Crippen molar-refractivity contribution in [3.05, 3.63) is 54.4 Å². The summed E-state index contributed by atoms with van der Waals surface area (Å²) >= 11 is 0. The van der Waals surface area contributed by atoms with Crippen LogP contribution in [0.15, 0.2) is 53.1 Å². The van der Waals surface area contributed by atoms with Gasteiger partial charge in [-0.15, -0.1) is 0 Å². The summed E-state index contributed by atoms with van der Waals surface area (Å²) in [5, 5.41) is 6.77. The number of nitrogens with zero attached hydrogens (tertiary/aromatic N) is 3. The van der Waals surface area contributed by atoms with Gasteiger partial charge in [0.15, 0.2) is 0 Å². The van der Waals surface area contributed by atoms with Crippen LogP contribution in [0.25, 0.3) is 11.4 Å². The number of carbonyl (C=O) groups excluding carboxylic acids is 2. The van der Waals surface area contributed by atoms with Gasteiger partial charge in [-0.1, -0.05) is 17.3 Å². The van der Waals surface area contributed by atoms with Crippen molar-refractivity contribution in [1.82, 2.24) is 10.1 Å². The zero-order valence-corrected chi connectivity index (χ0v) is 16.1. The standard InChI is InChI=1S/C21H20N4O4/c1-13-22-20(24-29-13)14-4-3-5-17(10-14)25-12-15(11-19(25)26)21(27)23-16-6-8-18(28-2)9-7-16/h3-10,15H,11-12H2,1-2H3,(H,23,27)/t15-/m0/s1. The molecule has 2 amide bonds. The van der Waals surface area contributed by atoms with Gasteiger partial charge >= 0.3 is 0 Å². The molecule has 0 radical (unpaired) electrons. The van der Waals surface area contributed by atoms with Crippen molar-refractivity contribution in [3.63, 3.8) is 0 Å². The lowest BCUT2D eigenvalue weighted by atomic mass is 10.1. The van der Waals surface area contributed by atoms with E-state index >= 15 is 0 Å². The van der Waals surface area contributed by atoms with Crippen LogP contribution in [0.2, 0.25) is 0 Å². The van der Waals surface area contributed by atoms with Gasteiger partial charge in [0.05, 0.1) is 13.0 Å². The first-order chi connectivity index (χ1) is 14.0. The van der Waals surface area contributed by atoms with Crippen molar-refractivity contribution in [3.8, 4) is 17.1 Å². The fourth-order valence-electron chi connectivity index (χ4n) is 3.28. The van der Waals surface area contributed by atoms with E-state index in [1.54, 1.807) is 43.2 Å². The van der Waals surface area contributed by atoms with E-state index < -0.39 is 5.92 Å². The van der Waals surface area contributed by atoms with Gasteiger partial charge in [0.2, 0.25) is 23.5 Å². The number of nitrogens with one attached hydrogen (secondary N) is 1. The lowest BCUT2D eigenvalue weighted by molar-refractivity contribution is -0.122. The molecule has 3 aromatic rings. The van der Waals surface area contributed by atoms with E-state index in [1.807, 2.05) is 24.3 Å². The first-order valence-electron chi connectivity index (χ1n) is 9.19. The number of aryl methyl sites for hydroxylation is 1. The molecule has 1 N–H and O–H groups in total. The number of hydrogen-bond donors (Lipinski definition) is 1. The predicted octanol–water partition coefficient (Wildman–Crippen LogP) is 3.05. The maximum absolute atomic E-state index is 12.6. The highest BCUT2D eigenvalue weighted by molar-refractivity contribution is 6.03. The molecule has 2 heterocycles. The van der Waals surface area contributed by atoms with Crippen molar-refractivity contribution in [2.75, 3.05) is 23.9 Å². The Kier molecular flexibility index (Phi) is 4.99. The van der Waals surface area contributed by atoms with Crippen LogP contribution in [0.5, 0.6) is 5.75 Å². The molecule has 8 nitrogen and oxygen atoms in total. The minimum Gasteiger partial charge on any atom is -0.497 e. The van der Waals surface area contributed by atoms with Gasteiger partial charge in [-0.25, -0.2) is 0 Å². The van der Waals surface area contributed by atoms with E-state index in [1.165, 1.54) is 0 Å². The lowest BCUT2D eigenvalue weighted by Gasteiger charge is -2.17. The molecule has 1 fully saturated rings. The zero-order chi connectivity index (χ0) is 20.4. The fraction of sp³-hybridized carbons (Fsp3) is 0.238. The van der Waals surface area contributed by atoms with Crippen LogP contribution in [0.4, 0.5) is 11.4 Å². The highest BCUT2D eigenvalue weighted by atomic mass is 16.5. The third-order valence-electron chi connectivity index (χ3n) is 4.80. The van der Waals surface area contributed by atoms with Gasteiger partial charge < -0.3 is 19.5 Å². The molecule has 1 aliphatic rings. The second-order valence-corrected chi connectivity index (χ2v) is 6.81. The largest absolute Gasteiger partial charge is 0.497 e. The molecule has 0 unspecified atom stereocenters. The van der Waals surface area contributed by atoms with Gasteiger partial charge in [0.25, 0.3) is 0 Å². The van der Waals surface area contributed by atoms with E-state index in [0.717, 1.165) is 5.56 Å². The Morgan fingerprint density at radius 3 is 2.72 bits per heavy atom. The van der Waals surface area contributed by atoms with Crippen LogP contribution in [0.3, 0.4) is 0 Å². The molecule has 0 bridgehead atoms. The Morgan fingerprint density at radius 1 is 1.24 bits per heavy atom. The predicted molar refractivity (Wildman–Crippen MR) is 107 cm³/mol. The normalized spacial score (nSPS) is 16.1. The van der Waals surface area contributed by atoms with Crippen LogP contribution >= 0.6 is 0 Å². The summed E-state index contributed by atoms with van der Waals surface area (Å²) in [5.41, 5.74) is 2.11. The maximum atomic E-state index is 12.6. The summed E-state index contributed by atoms with van der Waals surface area (Å²) < 4.78 is 10.1. The minimum absolute atomic E-state index is 0.0960. The monoisotopic (exact) mass is 392 g/mol. The smallest absolute Gasteiger partial charge is 0.229 e. The van der Waals surface area contributed by atoms with Crippen molar-refractivity contribution in [2.45, 2.75) is 13.3 Å². The Hall–Kier alpha value is -3.68. The summed E-state index contributed by atoms with van der Waals surface area (Å²) in [5.74, 6) is 0.933. The molecule has 29 heavy (non-hydrogen) atoms. The van der Waals surface area contributed by atoms with E-state index in [0.29, 0.717) is 35.4 Å². The molecule has 1 atom stereocenters. The van der Waals surface area contributed by atoms with Crippen molar-refractivity contribution >= 4 is 23.2 Å². The van der Waals surface area contributed by atoms with Gasteiger partial charge in [0, 0.05) is 36.8 Å². The molecule has 0 saturated carbocycles. The highest BCUT2D eigenvalue weighted by Gasteiger charge is 2.35. The second-order valence-electron chi connectivity index (χ2n) is 6.81. The summed E-state index contributed by atoms with van der Waals surface area (Å²) in [4.78, 5) is 31.0. The molecule has 1 saturated heterocycles. The van der Waals surface area contributed by atoms with Crippen LogP contribution in [0.1, 0.15) is 12.3 Å². The number of amides is 2. The SMILES string of the molecule is COc1ccc(NC(=O)[C@H]2CC(=O)N(c3cccc(-c4noc(C)n4)c3)C2)cc1. The number of hydrogen-bond acceptors (Lipinski definition) is 6. The third kappa shape index (κ3) is 3.96. The van der Waals surface area contributed by atoms with Crippen LogP contribution in [-0.4, -0.2) is 35.6 Å². The average molecular weight is 392 g/mol. The molecular formula is C21H20N4O4. The summed E-state index contributed by atoms with van der Waals surface area (Å²) in [6, 6.07) is 14.4. The molecule has 1 aliphatic heterocycles. The quantitative estimate of drug-likeness (QED) is 0.717. The van der Waals surface area contributed by atoms with Gasteiger partial charge in [-0.05, 0) is 36.4 Å². The Bertz CT molecular complexity index is 1040. The number of anilines is 2. The summed E-state index contributed by atoms with van der Waals surface area (Å²) in [6.07, 6.45) is 0.160. The van der Waals surface area contributed by atoms with Crippen LogP contribution in [0, 0.1) is 12.8 Å². The maximum Gasteiger partial charge on any atom is 0.229 e. The van der Waals surface area contributed by atoms with E-state index in [4.69, 9.17) is 9.26 Å². The molecule has 1 aromatic heterocycles. The van der Waals surface area contributed by atoms with E-state index in [9.17, 15) is 9.59 Å². The first kappa shape index (κ1) is 18.7. The lowest BCUT2D eigenvalue weighted by Crippen LogP contribution is -2.28. The van der Waals surface area contributed by atoms with Crippen LogP contribution < -0.4 is 15.0 Å². The molecule has 0 aliphatic carbocycles. The Morgan fingerprint density at radius 2 is 2.03 bits per heavy atom. The molecule has 0 spiro atoms. The number of benzene rings is 2. The minimum atomic E-state index is -0.430. The third-order valence-corrected chi connectivity index (χ3v) is 4.80. The average Bonchev–Trinajstić information content (AvgIpc) is 3.34. The zero-order valence-electron chi connectivity index (χ0n) is 16.1. The summed E-state index contributed by atoms with van der Waals surface area (Å²) in [6.45, 7) is 2.03. The number of carbonyl (C=O) groups is 2. The van der Waals surface area contributed by atoms with Gasteiger partial charge in [-0.2, -0.15) is 4.98 Å². The Labute approximate surface area is 167 Å². The molecule has 4 rings (SSSR count). The summed E-state index contributed by atoms with van der Waals surface area (Å²) in [7, 11) is 1.58. The number of aromatic nitrogens is 2. The molecule has 8 heteroatoms. The van der Waals surface area contributed by atoms with E-state index in [2.05, 4.69) is 15.5 Å². The number of rotatable bonds is 5. The Balaban J connectivity index is 1.47. The molecule has 2 aromatic carbocycles. The number of methoxy groups -OCH3 is 1. The highest BCUT2D eigenvalue weighted by Crippen LogP contribution is 2.29. The second kappa shape index (κ2) is 7.75. The van der Waals surface area contributed by atoms with Crippen molar-refractivity contribution in [1.29, 1.82) is 0 Å². The molecular weight excluding hydrogens is 372 g/mol. The van der Waals surface area contributed by atoms with Crippen molar-refractivity contribution < 1.29 is 18.8 Å². The topological polar surface area (TPSA) is 97.6 Å². The van der Waals surface area contributed by atoms with Crippen LogP contribution in [-0.2, 0) is 9.59 Å². The van der Waals surface area contributed by atoms with Gasteiger partial charge in [0.1, 0.15) is 5.75 Å². The fourth-order valence-corrected chi connectivity index (χ4v) is 3.28. The van der Waals surface area contributed by atoms with Crippen molar-refractivity contribution in [2.24, 2.45) is 5.92 Å². The van der Waals surface area contributed by atoms with E-state index in [-0.39, 0.29) is 18.2 Å².